The molecule has 1 heterocycles. The van der Waals surface area contributed by atoms with E-state index in [4.69, 9.17) is 20.6 Å². The van der Waals surface area contributed by atoms with Gasteiger partial charge in [-0.15, -0.1) is 12.3 Å². The molecular formula is C24H44O4. The molecule has 0 aliphatic carbocycles. The Hall–Kier alpha value is -0.600. The number of ether oxygens (including phenoxy) is 3. The van der Waals surface area contributed by atoms with E-state index in [0.717, 1.165) is 25.7 Å². The van der Waals surface area contributed by atoms with Crippen molar-refractivity contribution in [2.24, 2.45) is 0 Å². The fourth-order valence-corrected chi connectivity index (χ4v) is 4.03. The molecule has 0 bridgehead atoms. The molecule has 0 radical (unpaired) electrons. The molecule has 1 aliphatic rings. The average molecular weight is 397 g/mol. The van der Waals surface area contributed by atoms with Crippen LogP contribution in [0.25, 0.3) is 0 Å². The molecule has 0 aromatic carbocycles. The maximum Gasteiger partial charge on any atom is 0.146 e. The van der Waals surface area contributed by atoms with Crippen LogP contribution in [0.15, 0.2) is 0 Å². The van der Waals surface area contributed by atoms with Crippen LogP contribution in [-0.4, -0.2) is 43.4 Å². The number of aliphatic hydroxyl groups is 1. The summed E-state index contributed by atoms with van der Waals surface area (Å²) in [4.78, 5) is 0. The first kappa shape index (κ1) is 25.4. The lowest BCUT2D eigenvalue weighted by molar-refractivity contribution is -0.138. The van der Waals surface area contributed by atoms with Crippen molar-refractivity contribution in [1.29, 1.82) is 0 Å². The predicted molar refractivity (Wildman–Crippen MR) is 115 cm³/mol. The number of aliphatic hydroxyl groups excluding tert-OH is 1. The summed E-state index contributed by atoms with van der Waals surface area (Å²) in [5, 5.41) is 10.2. The molecule has 1 aliphatic heterocycles. The fraction of sp³-hybridized carbons (Fsp3) is 0.917. The minimum Gasteiger partial charge on any atom is -0.390 e. The van der Waals surface area contributed by atoms with Crippen molar-refractivity contribution >= 4 is 0 Å². The van der Waals surface area contributed by atoms with Crippen molar-refractivity contribution in [3.63, 3.8) is 0 Å². The Morgan fingerprint density at radius 1 is 0.964 bits per heavy atom. The van der Waals surface area contributed by atoms with E-state index in [1.807, 2.05) is 0 Å². The number of methoxy groups -OCH3 is 1. The summed E-state index contributed by atoms with van der Waals surface area (Å²) in [5.74, 6) is 2.59. The van der Waals surface area contributed by atoms with Gasteiger partial charge in [0.05, 0.1) is 24.4 Å². The smallest absolute Gasteiger partial charge is 0.146 e. The summed E-state index contributed by atoms with van der Waals surface area (Å²) in [6.07, 6.45) is 22.2. The lowest BCUT2D eigenvalue weighted by Gasteiger charge is -2.25. The SMILES string of the molecule is C#CCC[C@@H](O)[C@H]1CC[C@@H]([C@H](CCCCCCCCCCCC)OCOC)O1. The van der Waals surface area contributed by atoms with E-state index in [9.17, 15) is 5.11 Å². The summed E-state index contributed by atoms with van der Waals surface area (Å²) in [5.41, 5.74) is 0. The summed E-state index contributed by atoms with van der Waals surface area (Å²) in [7, 11) is 1.65. The molecule has 4 atom stereocenters. The number of hydrogen-bond donors (Lipinski definition) is 1. The van der Waals surface area contributed by atoms with E-state index in [1.165, 1.54) is 57.8 Å². The molecule has 4 nitrogen and oxygen atoms in total. The Morgan fingerprint density at radius 3 is 2.18 bits per heavy atom. The Bertz CT molecular complexity index is 393. The average Bonchev–Trinajstić information content (AvgIpc) is 3.20. The Morgan fingerprint density at radius 2 is 1.57 bits per heavy atom. The Labute approximate surface area is 173 Å². The normalized spacial score (nSPS) is 21.5. The molecule has 1 fully saturated rings. The predicted octanol–water partition coefficient (Wildman–Crippen LogP) is 5.61. The summed E-state index contributed by atoms with van der Waals surface area (Å²) in [6, 6.07) is 0. The van der Waals surface area contributed by atoms with Crippen molar-refractivity contribution in [3.05, 3.63) is 0 Å². The van der Waals surface area contributed by atoms with E-state index >= 15 is 0 Å². The van der Waals surface area contributed by atoms with Crippen molar-refractivity contribution in [2.75, 3.05) is 13.9 Å². The van der Waals surface area contributed by atoms with Gasteiger partial charge in [-0.25, -0.2) is 0 Å². The van der Waals surface area contributed by atoms with Gasteiger partial charge in [0, 0.05) is 13.5 Å². The first-order chi connectivity index (χ1) is 13.7. The maximum absolute atomic E-state index is 10.2. The molecule has 28 heavy (non-hydrogen) atoms. The topological polar surface area (TPSA) is 47.9 Å². The van der Waals surface area contributed by atoms with Crippen LogP contribution in [0, 0.1) is 12.3 Å². The Balaban J connectivity index is 2.20. The first-order valence-corrected chi connectivity index (χ1v) is 11.6. The third kappa shape index (κ3) is 11.4. The lowest BCUT2D eigenvalue weighted by atomic mass is 10.0. The third-order valence-corrected chi connectivity index (χ3v) is 5.76. The minimum atomic E-state index is -0.471. The van der Waals surface area contributed by atoms with Crippen LogP contribution in [0.1, 0.15) is 103 Å². The maximum atomic E-state index is 10.2. The van der Waals surface area contributed by atoms with Gasteiger partial charge in [-0.1, -0.05) is 71.1 Å². The monoisotopic (exact) mass is 396 g/mol. The highest BCUT2D eigenvalue weighted by molar-refractivity contribution is 4.88. The van der Waals surface area contributed by atoms with Crippen LogP contribution >= 0.6 is 0 Å². The van der Waals surface area contributed by atoms with Gasteiger partial charge in [0.25, 0.3) is 0 Å². The van der Waals surface area contributed by atoms with Crippen LogP contribution in [0.3, 0.4) is 0 Å². The van der Waals surface area contributed by atoms with Gasteiger partial charge in [-0.3, -0.25) is 0 Å². The highest BCUT2D eigenvalue weighted by Gasteiger charge is 2.35. The third-order valence-electron chi connectivity index (χ3n) is 5.76. The molecule has 1 rings (SSSR count). The summed E-state index contributed by atoms with van der Waals surface area (Å²) >= 11 is 0. The molecule has 1 N–H and O–H groups in total. The van der Waals surface area contributed by atoms with Crippen LogP contribution in [0.2, 0.25) is 0 Å². The molecule has 0 spiro atoms. The van der Waals surface area contributed by atoms with Crippen LogP contribution < -0.4 is 0 Å². The van der Waals surface area contributed by atoms with E-state index in [-0.39, 0.29) is 18.3 Å². The molecular weight excluding hydrogens is 352 g/mol. The van der Waals surface area contributed by atoms with Gasteiger partial charge in [-0.2, -0.15) is 0 Å². The zero-order chi connectivity index (χ0) is 20.5. The molecule has 0 unspecified atom stereocenters. The lowest BCUT2D eigenvalue weighted by Crippen LogP contribution is -2.33. The molecule has 164 valence electrons. The number of rotatable bonds is 18. The zero-order valence-electron chi connectivity index (χ0n) is 18.4. The molecule has 0 aromatic rings. The van der Waals surface area contributed by atoms with Gasteiger partial charge in [0.2, 0.25) is 0 Å². The minimum absolute atomic E-state index is 0.0545. The van der Waals surface area contributed by atoms with E-state index < -0.39 is 6.10 Å². The van der Waals surface area contributed by atoms with E-state index in [1.54, 1.807) is 7.11 Å². The number of hydrogen-bond acceptors (Lipinski definition) is 4. The largest absolute Gasteiger partial charge is 0.390 e. The van der Waals surface area contributed by atoms with Crippen molar-refractivity contribution in [2.45, 2.75) is 128 Å². The van der Waals surface area contributed by atoms with Crippen LogP contribution in [0.5, 0.6) is 0 Å². The Kier molecular flexibility index (Phi) is 15.7. The zero-order valence-corrected chi connectivity index (χ0v) is 18.4. The van der Waals surface area contributed by atoms with Gasteiger partial charge in [0.15, 0.2) is 0 Å². The molecule has 4 heteroatoms. The second kappa shape index (κ2) is 17.3. The number of unbranched alkanes of at least 4 members (excludes halogenated alkanes) is 9. The second-order valence-electron chi connectivity index (χ2n) is 8.18. The summed E-state index contributed by atoms with van der Waals surface area (Å²) < 4.78 is 17.1. The van der Waals surface area contributed by atoms with Gasteiger partial charge in [-0.05, 0) is 25.7 Å². The van der Waals surface area contributed by atoms with Crippen LogP contribution in [0.4, 0.5) is 0 Å². The van der Waals surface area contributed by atoms with Gasteiger partial charge < -0.3 is 19.3 Å². The molecule has 1 saturated heterocycles. The molecule has 0 amide bonds. The van der Waals surface area contributed by atoms with Crippen molar-refractivity contribution < 1.29 is 19.3 Å². The number of terminal acetylenes is 1. The quantitative estimate of drug-likeness (QED) is 0.186. The standard InChI is InChI=1S/C24H44O4/c1-4-6-8-9-10-11-12-13-14-15-17-23(27-20-26-3)24-19-18-22(28-24)21(25)16-7-5-2/h2,21-25H,4,6-20H2,1,3H3/t21-,22-,23+,24+/m1/s1. The molecule has 0 saturated carbocycles. The van der Waals surface area contributed by atoms with E-state index in [0.29, 0.717) is 19.6 Å². The van der Waals surface area contributed by atoms with Crippen molar-refractivity contribution in [3.8, 4) is 12.3 Å². The van der Waals surface area contributed by atoms with Crippen LogP contribution in [-0.2, 0) is 14.2 Å². The first-order valence-electron chi connectivity index (χ1n) is 11.6. The second-order valence-corrected chi connectivity index (χ2v) is 8.18. The summed E-state index contributed by atoms with van der Waals surface area (Å²) in [6.45, 7) is 2.56. The highest BCUT2D eigenvalue weighted by atomic mass is 16.7. The van der Waals surface area contributed by atoms with Crippen molar-refractivity contribution in [1.82, 2.24) is 0 Å². The van der Waals surface area contributed by atoms with Gasteiger partial charge in [0.1, 0.15) is 6.79 Å². The fourth-order valence-electron chi connectivity index (χ4n) is 4.03. The van der Waals surface area contributed by atoms with E-state index in [2.05, 4.69) is 12.8 Å². The molecule has 0 aromatic heterocycles. The van der Waals surface area contributed by atoms with Gasteiger partial charge >= 0.3 is 0 Å². The highest BCUT2D eigenvalue weighted by Crippen LogP contribution is 2.29.